The second-order valence-corrected chi connectivity index (χ2v) is 6.79. The van der Waals surface area contributed by atoms with Crippen LogP contribution in [0, 0.1) is 5.95 Å². The molecule has 0 amide bonds. The first-order valence-electron chi connectivity index (χ1n) is 8.97. The van der Waals surface area contributed by atoms with Crippen LogP contribution in [-0.2, 0) is 19.5 Å². The Morgan fingerprint density at radius 2 is 2.04 bits per heavy atom. The van der Waals surface area contributed by atoms with Crippen LogP contribution in [0.3, 0.4) is 0 Å². The Bertz CT molecular complexity index is 1210. The number of aromatic nitrogens is 5. The zero-order valence-electron chi connectivity index (χ0n) is 15.3. The number of pyridine rings is 1. The smallest absolute Gasteiger partial charge is 0.223 e. The van der Waals surface area contributed by atoms with E-state index in [1.807, 2.05) is 18.2 Å². The van der Waals surface area contributed by atoms with Gasteiger partial charge in [0.2, 0.25) is 11.9 Å². The average molecular weight is 379 g/mol. The molecule has 0 fully saturated rings. The topological polar surface area (TPSA) is 94.5 Å². The van der Waals surface area contributed by atoms with E-state index in [2.05, 4.69) is 25.0 Å². The highest BCUT2D eigenvalue weighted by Gasteiger charge is 2.21. The van der Waals surface area contributed by atoms with Crippen LogP contribution in [0.2, 0.25) is 0 Å². The van der Waals surface area contributed by atoms with Gasteiger partial charge in [-0.1, -0.05) is 12.1 Å². The molecule has 8 nitrogen and oxygen atoms in total. The summed E-state index contributed by atoms with van der Waals surface area (Å²) in [5.74, 6) is 1.15. The van der Waals surface area contributed by atoms with Crippen molar-refractivity contribution in [3.63, 3.8) is 0 Å². The van der Waals surface area contributed by atoms with Crippen molar-refractivity contribution in [3.05, 3.63) is 53.4 Å². The van der Waals surface area contributed by atoms with E-state index in [0.717, 1.165) is 29.7 Å². The summed E-state index contributed by atoms with van der Waals surface area (Å²) >= 11 is 0. The average Bonchev–Trinajstić information content (AvgIpc) is 3.30. The molecule has 4 heterocycles. The lowest BCUT2D eigenvalue weighted by atomic mass is 10.2. The number of benzene rings is 1. The third-order valence-corrected chi connectivity index (χ3v) is 5.01. The number of nitrogens with zero attached hydrogens (tertiary/aromatic N) is 6. The van der Waals surface area contributed by atoms with Crippen LogP contribution in [0.15, 0.2) is 30.3 Å². The lowest BCUT2D eigenvalue weighted by Crippen LogP contribution is -2.20. The fourth-order valence-corrected chi connectivity index (χ4v) is 3.65. The Hall–Kier alpha value is -3.33. The predicted octanol–water partition coefficient (Wildman–Crippen LogP) is 1.96. The maximum Gasteiger partial charge on any atom is 0.223 e. The Labute approximate surface area is 159 Å². The minimum atomic E-state index is -0.437. The summed E-state index contributed by atoms with van der Waals surface area (Å²) in [4.78, 5) is 15.3. The van der Waals surface area contributed by atoms with Gasteiger partial charge in [-0.05, 0) is 23.8 Å². The number of halogens is 1. The molecule has 1 aliphatic heterocycles. The van der Waals surface area contributed by atoms with Crippen LogP contribution < -0.4 is 10.5 Å². The summed E-state index contributed by atoms with van der Waals surface area (Å²) < 4.78 is 20.2. The third kappa shape index (κ3) is 2.71. The van der Waals surface area contributed by atoms with Crippen LogP contribution >= 0.6 is 0 Å². The van der Waals surface area contributed by atoms with Crippen molar-refractivity contribution in [2.24, 2.45) is 0 Å². The Morgan fingerprint density at radius 1 is 1.14 bits per heavy atom. The largest absolute Gasteiger partial charge is 0.494 e. The maximum atomic E-state index is 13.3. The van der Waals surface area contributed by atoms with Crippen molar-refractivity contribution >= 4 is 22.5 Å². The molecule has 28 heavy (non-hydrogen) atoms. The summed E-state index contributed by atoms with van der Waals surface area (Å²) in [5, 5.41) is 5.35. The van der Waals surface area contributed by atoms with Gasteiger partial charge in [0.25, 0.3) is 0 Å². The number of hydrogen-bond donors (Lipinski definition) is 1. The monoisotopic (exact) mass is 379 g/mol. The zero-order valence-corrected chi connectivity index (χ0v) is 15.3. The fraction of sp³-hybridized carbons (Fsp3) is 0.263. The van der Waals surface area contributed by atoms with Gasteiger partial charge in [-0.2, -0.15) is 8.91 Å². The summed E-state index contributed by atoms with van der Waals surface area (Å²) in [7, 11) is 1.60. The first-order valence-corrected chi connectivity index (χ1v) is 8.97. The molecule has 0 saturated carbocycles. The summed E-state index contributed by atoms with van der Waals surface area (Å²) in [6, 6.07) is 8.86. The lowest BCUT2D eigenvalue weighted by Gasteiger charge is -2.12. The zero-order chi connectivity index (χ0) is 19.3. The number of fused-ring (bicyclic) bond motifs is 4. The molecular formula is C19H18FN7O. The molecule has 0 unspecified atom stereocenters. The van der Waals surface area contributed by atoms with E-state index in [-0.39, 0.29) is 5.95 Å². The number of nitrogen functional groups attached to an aromatic ring is 1. The van der Waals surface area contributed by atoms with E-state index in [4.69, 9.17) is 10.5 Å². The van der Waals surface area contributed by atoms with Gasteiger partial charge in [0.1, 0.15) is 11.3 Å². The minimum absolute atomic E-state index is 0.263. The van der Waals surface area contributed by atoms with Crippen LogP contribution in [0.4, 0.5) is 10.3 Å². The quantitative estimate of drug-likeness (QED) is 0.542. The summed E-state index contributed by atoms with van der Waals surface area (Å²) in [5.41, 5.74) is 9.28. The van der Waals surface area contributed by atoms with Gasteiger partial charge < -0.3 is 10.5 Å². The van der Waals surface area contributed by atoms with Crippen LogP contribution in [0.25, 0.3) is 16.6 Å². The number of hydrogen-bond acceptors (Lipinski definition) is 7. The van der Waals surface area contributed by atoms with E-state index in [1.165, 1.54) is 6.07 Å². The van der Waals surface area contributed by atoms with Crippen LogP contribution in [0.1, 0.15) is 17.1 Å². The second-order valence-electron chi connectivity index (χ2n) is 6.79. The van der Waals surface area contributed by atoms with Crippen molar-refractivity contribution < 1.29 is 9.13 Å². The maximum absolute atomic E-state index is 13.3. The van der Waals surface area contributed by atoms with E-state index in [1.54, 1.807) is 17.7 Å². The molecule has 1 aliphatic rings. The molecule has 4 aromatic rings. The van der Waals surface area contributed by atoms with Gasteiger partial charge >= 0.3 is 0 Å². The van der Waals surface area contributed by atoms with Gasteiger partial charge in [-0.25, -0.2) is 15.0 Å². The van der Waals surface area contributed by atoms with Crippen molar-refractivity contribution in [3.8, 4) is 5.75 Å². The van der Waals surface area contributed by atoms with Gasteiger partial charge in [0.15, 0.2) is 11.5 Å². The summed E-state index contributed by atoms with van der Waals surface area (Å²) in [6.07, 6.45) is 0.642. The highest BCUT2D eigenvalue weighted by molar-refractivity contribution is 5.95. The van der Waals surface area contributed by atoms with Crippen molar-refractivity contribution in [1.82, 2.24) is 29.5 Å². The molecule has 0 saturated heterocycles. The fourth-order valence-electron chi connectivity index (χ4n) is 3.65. The number of anilines is 1. The molecule has 0 bridgehead atoms. The first kappa shape index (κ1) is 16.8. The molecule has 2 N–H and O–H groups in total. The van der Waals surface area contributed by atoms with E-state index < -0.39 is 5.95 Å². The second kappa shape index (κ2) is 6.38. The highest BCUT2D eigenvalue weighted by atomic mass is 19.1. The Kier molecular flexibility index (Phi) is 3.83. The van der Waals surface area contributed by atoms with Gasteiger partial charge in [0, 0.05) is 31.4 Å². The van der Waals surface area contributed by atoms with Gasteiger partial charge in [0.05, 0.1) is 12.8 Å². The van der Waals surface area contributed by atoms with Crippen LogP contribution in [-0.4, -0.2) is 43.1 Å². The lowest BCUT2D eigenvalue weighted by molar-refractivity contribution is 0.284. The third-order valence-electron chi connectivity index (χ3n) is 5.01. The number of rotatable bonds is 4. The Balaban J connectivity index is 1.41. The first-order chi connectivity index (χ1) is 13.6. The molecule has 0 atom stereocenters. The van der Waals surface area contributed by atoms with E-state index >= 15 is 0 Å². The van der Waals surface area contributed by atoms with E-state index in [9.17, 15) is 4.39 Å². The number of methoxy groups -OCH3 is 1. The number of ether oxygens (including phenoxy) is 1. The molecule has 3 aromatic heterocycles. The van der Waals surface area contributed by atoms with Crippen molar-refractivity contribution in [2.75, 3.05) is 19.4 Å². The number of nitrogens with two attached hydrogens (primary N) is 1. The molecule has 0 aliphatic carbocycles. The molecule has 142 valence electrons. The molecular weight excluding hydrogens is 361 g/mol. The molecule has 9 heteroatoms. The molecule has 1 aromatic carbocycles. The van der Waals surface area contributed by atoms with Gasteiger partial charge in [-0.3, -0.25) is 4.90 Å². The highest BCUT2D eigenvalue weighted by Crippen LogP contribution is 2.27. The standard InChI is InChI=1S/C19H18FN7O/c1-28-14-4-2-3-12-17(14)24-19(21)27-18(12)23-16(25-27)7-8-26-9-11-5-6-15(20)22-13(11)10-26/h2-6H,7-10H2,1H3,(H2,21,24). The predicted molar refractivity (Wildman–Crippen MR) is 101 cm³/mol. The Morgan fingerprint density at radius 3 is 2.89 bits per heavy atom. The van der Waals surface area contributed by atoms with E-state index in [0.29, 0.717) is 35.7 Å². The van der Waals surface area contributed by atoms with Crippen molar-refractivity contribution in [2.45, 2.75) is 19.5 Å². The van der Waals surface area contributed by atoms with Crippen LogP contribution in [0.5, 0.6) is 5.75 Å². The molecule has 0 radical (unpaired) electrons. The summed E-state index contributed by atoms with van der Waals surface area (Å²) in [6.45, 7) is 2.12. The molecule has 5 rings (SSSR count). The van der Waals surface area contributed by atoms with Gasteiger partial charge in [-0.15, -0.1) is 5.10 Å². The molecule has 0 spiro atoms. The van der Waals surface area contributed by atoms with Crippen molar-refractivity contribution in [1.29, 1.82) is 0 Å². The normalized spacial score (nSPS) is 14.1. The SMILES string of the molecule is COc1cccc2c1nc(N)n1nc(CCN3Cc4ccc(F)nc4C3)nc21. The number of para-hydroxylation sites is 1. The minimum Gasteiger partial charge on any atom is -0.494 e.